The Labute approximate surface area is 325 Å². The van der Waals surface area contributed by atoms with E-state index in [0.29, 0.717) is 47.8 Å². The molecule has 2 atom stereocenters. The quantitative estimate of drug-likeness (QED) is 0.172. The molecule has 2 heterocycles. The van der Waals surface area contributed by atoms with E-state index in [1.54, 1.807) is 16.8 Å². The molecule has 2 aliphatic heterocycles. The SMILES string of the molecule is CC(C)c1cccc(C(C)C)c1[N]1[Ge][C](P(N(C(C)C)C(C)C)N(C(C)C)C(C)C)=P2(C3=C1C1CCC3C1)N(C(C)(C)C)[Si](C)(C)N2C(C)(C)C. The Balaban J connectivity index is 2.08. The molecular weight excluding hydrogens is 737 g/mol. The molecule has 1 saturated heterocycles. The number of allylic oxidation sites excluding steroid dienone is 2. The molecule has 0 amide bonds. The third-order valence-electron chi connectivity index (χ3n) is 11.7. The van der Waals surface area contributed by atoms with Crippen molar-refractivity contribution in [3.63, 3.8) is 0 Å². The second-order valence-electron chi connectivity index (χ2n) is 20.3. The van der Waals surface area contributed by atoms with Crippen LogP contribution in [0.5, 0.6) is 0 Å². The van der Waals surface area contributed by atoms with Crippen molar-refractivity contribution in [1.29, 1.82) is 0 Å². The number of hydrogen-bond acceptors (Lipinski definition) is 5. The zero-order valence-corrected chi connectivity index (χ0v) is 41.5. The van der Waals surface area contributed by atoms with Crippen molar-refractivity contribution in [2.75, 3.05) is 3.86 Å². The van der Waals surface area contributed by atoms with Gasteiger partial charge in [0.05, 0.1) is 0 Å². The van der Waals surface area contributed by atoms with Crippen molar-refractivity contribution >= 4 is 49.0 Å². The Morgan fingerprint density at radius 1 is 0.706 bits per heavy atom. The van der Waals surface area contributed by atoms with Gasteiger partial charge in [-0.3, -0.25) is 0 Å². The maximum absolute atomic E-state index is 3.31. The number of hydrogen-bond donors (Lipinski definition) is 0. The van der Waals surface area contributed by atoms with Crippen LogP contribution in [0, 0.1) is 11.8 Å². The summed E-state index contributed by atoms with van der Waals surface area (Å²) >= 11 is -0.766. The number of benzene rings is 1. The normalized spacial score (nSPS) is 24.2. The standard InChI is InChI=1S/C42H77GeN5P2Si/c1-27(2)35-22-21-23-36(28(3)4)38(35)44-37-33-24-25-34(26-33)39(37)50(47(41(13,14)15)51(19,20)48(50)42(16,17)18)40(43-44)49(45(29(5)6)30(7)8)46(31(9)10)32(11)12/h21-23,27-34H,24-26H2,1-20H3. The van der Waals surface area contributed by atoms with Crippen LogP contribution >= 0.6 is 15.4 Å². The van der Waals surface area contributed by atoms with E-state index in [4.69, 9.17) is 0 Å². The molecule has 5 nitrogen and oxygen atoms in total. The third kappa shape index (κ3) is 6.74. The van der Waals surface area contributed by atoms with Gasteiger partial charge in [-0.15, -0.1) is 0 Å². The van der Waals surface area contributed by atoms with E-state index >= 15 is 0 Å². The van der Waals surface area contributed by atoms with Gasteiger partial charge in [-0.05, 0) is 0 Å². The summed E-state index contributed by atoms with van der Waals surface area (Å²) in [7, 11) is -4.84. The van der Waals surface area contributed by atoms with Gasteiger partial charge in [-0.1, -0.05) is 0 Å². The summed E-state index contributed by atoms with van der Waals surface area (Å²) in [5, 5.41) is 1.95. The average molecular weight is 815 g/mol. The first-order chi connectivity index (χ1) is 23.3. The zero-order chi connectivity index (χ0) is 38.5. The fourth-order valence-electron chi connectivity index (χ4n) is 11.2. The monoisotopic (exact) mass is 815 g/mol. The summed E-state index contributed by atoms with van der Waals surface area (Å²) in [6.45, 7) is 50.7. The topological polar surface area (TPSA) is 16.2 Å². The molecule has 2 fully saturated rings. The zero-order valence-electron chi connectivity index (χ0n) is 36.6. The number of para-hydroxylation sites is 1. The molecule has 1 saturated carbocycles. The Morgan fingerprint density at radius 2 is 1.12 bits per heavy atom. The van der Waals surface area contributed by atoms with Crippen LogP contribution in [0.15, 0.2) is 29.2 Å². The van der Waals surface area contributed by atoms with Crippen LogP contribution in [0.25, 0.3) is 0 Å². The first-order valence-corrected chi connectivity index (χ1v) is 28.4. The van der Waals surface area contributed by atoms with Gasteiger partial charge in [0.25, 0.3) is 0 Å². The molecule has 2 unspecified atom stereocenters. The first-order valence-electron chi connectivity index (χ1n) is 20.5. The van der Waals surface area contributed by atoms with Crippen LogP contribution in [0.2, 0.25) is 13.1 Å². The average Bonchev–Trinajstić information content (AvgIpc) is 3.56. The Morgan fingerprint density at radius 3 is 1.49 bits per heavy atom. The molecule has 2 aliphatic carbocycles. The summed E-state index contributed by atoms with van der Waals surface area (Å²) in [5.41, 5.74) is 6.74. The van der Waals surface area contributed by atoms with Crippen LogP contribution < -0.4 is 3.86 Å². The molecule has 4 aliphatic rings. The summed E-state index contributed by atoms with van der Waals surface area (Å²) in [4.78, 5) is 0. The van der Waals surface area contributed by atoms with Crippen LogP contribution in [-0.2, 0) is 0 Å². The van der Waals surface area contributed by atoms with Gasteiger partial charge in [-0.2, -0.15) is 0 Å². The van der Waals surface area contributed by atoms with Gasteiger partial charge in [-0.25, -0.2) is 0 Å². The molecule has 5 rings (SSSR count). The predicted octanol–water partition coefficient (Wildman–Crippen LogP) is 12.4. The fourth-order valence-corrected chi connectivity index (χ4v) is 41.5. The number of rotatable bonds is 10. The van der Waals surface area contributed by atoms with E-state index in [9.17, 15) is 0 Å². The van der Waals surface area contributed by atoms with E-state index in [2.05, 4.69) is 178 Å². The number of anilines is 1. The van der Waals surface area contributed by atoms with Crippen molar-refractivity contribution in [3.05, 3.63) is 40.3 Å². The minimum atomic E-state index is -2.08. The van der Waals surface area contributed by atoms with Gasteiger partial charge >= 0.3 is 327 Å². The maximum atomic E-state index is 3.31. The number of nitrogens with zero attached hydrogens (tertiary/aromatic N) is 5. The molecule has 2 radical (unpaired) electrons. The van der Waals surface area contributed by atoms with Gasteiger partial charge in [0, 0.05) is 0 Å². The van der Waals surface area contributed by atoms with Gasteiger partial charge < -0.3 is 0 Å². The Hall–Kier alpha value is 0.0897. The molecule has 51 heavy (non-hydrogen) atoms. The van der Waals surface area contributed by atoms with Crippen LogP contribution in [0.4, 0.5) is 5.69 Å². The second-order valence-corrected chi connectivity index (χ2v) is 34.4. The van der Waals surface area contributed by atoms with Gasteiger partial charge in [0.2, 0.25) is 0 Å². The van der Waals surface area contributed by atoms with E-state index in [-0.39, 0.29) is 11.1 Å². The number of fused-ring (bicyclic) bond motifs is 5. The van der Waals surface area contributed by atoms with Crippen molar-refractivity contribution in [1.82, 2.24) is 18.0 Å². The summed E-state index contributed by atoms with van der Waals surface area (Å²) in [5.74, 6) is 2.37. The summed E-state index contributed by atoms with van der Waals surface area (Å²) < 4.78 is 17.8. The Kier molecular flexibility index (Phi) is 12.0. The van der Waals surface area contributed by atoms with Crippen molar-refractivity contribution in [2.45, 2.75) is 204 Å². The molecule has 9 heteroatoms. The van der Waals surface area contributed by atoms with E-state index < -0.39 is 39.5 Å². The molecule has 2 bridgehead atoms. The predicted molar refractivity (Wildman–Crippen MR) is 234 cm³/mol. The molecule has 0 N–H and O–H groups in total. The third-order valence-corrected chi connectivity index (χ3v) is 34.6. The summed E-state index contributed by atoms with van der Waals surface area (Å²) in [6, 6.07) is 9.19. The Bertz CT molecular complexity index is 1460. The second kappa shape index (κ2) is 14.5. The molecule has 1 spiro atoms. The molecule has 1 aromatic carbocycles. The summed E-state index contributed by atoms with van der Waals surface area (Å²) in [6.07, 6.45) is 4.12. The van der Waals surface area contributed by atoms with E-state index in [1.807, 2.05) is 14.9 Å². The molecule has 1 aromatic rings. The molecular formula is C42H77GeN5P2Si. The van der Waals surface area contributed by atoms with Crippen LogP contribution in [-0.4, -0.2) is 81.2 Å². The van der Waals surface area contributed by atoms with E-state index in [0.717, 1.165) is 0 Å². The van der Waals surface area contributed by atoms with E-state index in [1.165, 1.54) is 19.3 Å². The minimum absolute atomic E-state index is 0.0890. The fraction of sp³-hybridized carbons (Fsp3) is 0.786. The van der Waals surface area contributed by atoms with Crippen LogP contribution in [0.1, 0.15) is 167 Å². The van der Waals surface area contributed by atoms with Crippen molar-refractivity contribution in [3.8, 4) is 0 Å². The molecule has 288 valence electrons. The van der Waals surface area contributed by atoms with Gasteiger partial charge in [0.15, 0.2) is 0 Å². The molecule has 0 aromatic heterocycles. The van der Waals surface area contributed by atoms with Crippen molar-refractivity contribution in [2.24, 2.45) is 11.8 Å². The van der Waals surface area contributed by atoms with Crippen molar-refractivity contribution < 1.29 is 0 Å². The van der Waals surface area contributed by atoms with Gasteiger partial charge in [0.1, 0.15) is 0 Å². The van der Waals surface area contributed by atoms with Crippen LogP contribution in [0.3, 0.4) is 0 Å². The first kappa shape index (κ1) is 42.2.